The van der Waals surface area contributed by atoms with Gasteiger partial charge in [0.05, 0.1) is 14.1 Å². The average molecular weight is 104 g/mol. The zero-order chi connectivity index (χ0) is 5.86. The van der Waals surface area contributed by atoms with Crippen LogP contribution in [0.2, 0.25) is 0 Å². The summed E-state index contributed by atoms with van der Waals surface area (Å²) in [7, 11) is 2.85. The van der Waals surface area contributed by atoms with Gasteiger partial charge in [-0.1, -0.05) is 0 Å². The van der Waals surface area contributed by atoms with Crippen LogP contribution in [0.25, 0.3) is 0 Å². The summed E-state index contributed by atoms with van der Waals surface area (Å²) in [5, 5.41) is 22.2. The van der Waals surface area contributed by atoms with Gasteiger partial charge in [0.2, 0.25) is 0 Å². The van der Waals surface area contributed by atoms with E-state index in [4.69, 9.17) is 0 Å². The molecule has 0 bridgehead atoms. The second-order valence-corrected chi connectivity index (χ2v) is 1.18. The Labute approximate surface area is 41.0 Å². The van der Waals surface area contributed by atoms with Gasteiger partial charge < -0.3 is 10.4 Å². The zero-order valence-electron chi connectivity index (χ0n) is 4.16. The molecule has 0 saturated heterocycles. The Hall–Kier alpha value is -1.00. The van der Waals surface area contributed by atoms with Gasteiger partial charge in [-0.15, -0.1) is 0 Å². The molecule has 0 amide bonds. The molecule has 0 rings (SSSR count). The van der Waals surface area contributed by atoms with E-state index in [0.29, 0.717) is 0 Å². The van der Waals surface area contributed by atoms with Crippen molar-refractivity contribution >= 4 is 0 Å². The fourth-order valence-electron chi connectivity index (χ4n) is 0.0730. The van der Waals surface area contributed by atoms with E-state index in [1.165, 1.54) is 14.1 Å². The molecule has 42 valence electrons. The Morgan fingerprint density at radius 3 is 2.00 bits per heavy atom. The Morgan fingerprint density at radius 1 is 1.57 bits per heavy atom. The first-order valence-electron chi connectivity index (χ1n) is 1.66. The van der Waals surface area contributed by atoms with Crippen molar-refractivity contribution in [2.75, 3.05) is 14.1 Å². The van der Waals surface area contributed by atoms with Gasteiger partial charge in [-0.05, 0) is 5.28 Å². The third kappa shape index (κ3) is 1.80. The minimum atomic E-state index is -0.0556. The van der Waals surface area contributed by atoms with E-state index in [-0.39, 0.29) is 4.97 Å². The van der Waals surface area contributed by atoms with Crippen LogP contribution < -0.4 is 0 Å². The van der Waals surface area contributed by atoms with E-state index in [9.17, 15) is 10.4 Å². The molecule has 0 aromatic heterocycles. The summed E-state index contributed by atoms with van der Waals surface area (Å²) in [6.45, 7) is 0. The average Bonchev–Trinajstić information content (AvgIpc) is 1.65. The van der Waals surface area contributed by atoms with Gasteiger partial charge in [0, 0.05) is 4.97 Å². The highest BCUT2D eigenvalue weighted by Gasteiger charge is 1.87. The fourth-order valence-corrected chi connectivity index (χ4v) is 0.0730. The Morgan fingerprint density at radius 2 is 2.00 bits per heavy atom. The quantitative estimate of drug-likeness (QED) is 0.265. The molecule has 0 N–H and O–H groups in total. The summed E-state index contributed by atoms with van der Waals surface area (Å²) >= 11 is 0. The normalized spacial score (nSPS) is 11.4. The first-order valence-corrected chi connectivity index (χ1v) is 1.66. The summed E-state index contributed by atoms with van der Waals surface area (Å²) in [6, 6.07) is 0. The molecule has 0 radical (unpaired) electrons. The van der Waals surface area contributed by atoms with Crippen molar-refractivity contribution in [1.82, 2.24) is 5.01 Å². The Kier molecular flexibility index (Phi) is 1.90. The first-order chi connectivity index (χ1) is 3.18. The van der Waals surface area contributed by atoms with Crippen molar-refractivity contribution in [3.05, 3.63) is 10.4 Å². The van der Waals surface area contributed by atoms with Crippen LogP contribution in [0.15, 0.2) is 5.28 Å². The predicted octanol–water partition coefficient (Wildman–Crippen LogP) is -0.0767. The predicted molar refractivity (Wildman–Crippen MR) is 23.1 cm³/mol. The summed E-state index contributed by atoms with van der Waals surface area (Å²) in [6.07, 6.45) is 0. The van der Waals surface area contributed by atoms with Crippen LogP contribution in [0.5, 0.6) is 0 Å². The Bertz CT molecular complexity index is 79.0. The Balaban J connectivity index is 3.56. The first kappa shape index (κ1) is 6.00. The highest BCUT2D eigenvalue weighted by atomic mass is 16.6. The van der Waals surface area contributed by atoms with Gasteiger partial charge in [0.1, 0.15) is 0 Å². The van der Waals surface area contributed by atoms with E-state index in [2.05, 4.69) is 0 Å². The summed E-state index contributed by atoms with van der Waals surface area (Å²) in [5.41, 5.74) is 0. The van der Waals surface area contributed by atoms with Gasteiger partial charge in [0.25, 0.3) is 0 Å². The lowest BCUT2D eigenvalue weighted by molar-refractivity contribution is -0.678. The van der Waals surface area contributed by atoms with Crippen LogP contribution in [0.3, 0.4) is 0 Å². The molecule has 0 spiro atoms. The minimum absolute atomic E-state index is 0.0556. The van der Waals surface area contributed by atoms with Crippen molar-refractivity contribution in [2.24, 2.45) is 5.28 Å². The number of nitrogens with zero attached hydrogens (tertiary/aromatic N) is 3. The van der Waals surface area contributed by atoms with E-state index >= 15 is 0 Å². The van der Waals surface area contributed by atoms with Crippen molar-refractivity contribution < 1.29 is 4.97 Å². The van der Waals surface area contributed by atoms with Gasteiger partial charge in [-0.2, -0.15) is 5.01 Å². The molecule has 0 unspecified atom stereocenters. The zero-order valence-corrected chi connectivity index (χ0v) is 4.16. The number of hydrogen-bond acceptors (Lipinski definition) is 3. The highest BCUT2D eigenvalue weighted by molar-refractivity contribution is 4.13. The number of hydrogen-bond donors (Lipinski definition) is 0. The van der Waals surface area contributed by atoms with Crippen LogP contribution in [0, 0.1) is 10.4 Å². The molecular formula is C2H6N3O2-. The lowest BCUT2D eigenvalue weighted by Gasteiger charge is -2.06. The van der Waals surface area contributed by atoms with Crippen LogP contribution in [0.1, 0.15) is 0 Å². The molecule has 0 aromatic carbocycles. The number of hydrazine groups is 1. The largest absolute Gasteiger partial charge is 0.737 e. The van der Waals surface area contributed by atoms with Crippen molar-refractivity contribution in [1.29, 1.82) is 0 Å². The second-order valence-electron chi connectivity index (χ2n) is 1.18. The van der Waals surface area contributed by atoms with Gasteiger partial charge in [-0.3, -0.25) is 0 Å². The SMILES string of the molecule is CN(C)/[N+]([O-])=N\[O-]. The maximum absolute atomic E-state index is 9.88. The summed E-state index contributed by atoms with van der Waals surface area (Å²) < 4.78 is 0. The third-order valence-electron chi connectivity index (χ3n) is 0.412. The monoisotopic (exact) mass is 104 g/mol. The molecule has 0 fully saturated rings. The highest BCUT2D eigenvalue weighted by Crippen LogP contribution is 1.74. The molecule has 0 saturated carbocycles. The van der Waals surface area contributed by atoms with Gasteiger partial charge >= 0.3 is 0 Å². The molecule has 5 heteroatoms. The molecule has 0 aliphatic rings. The molecule has 0 aliphatic carbocycles. The van der Waals surface area contributed by atoms with E-state index in [1.54, 1.807) is 0 Å². The van der Waals surface area contributed by atoms with Gasteiger partial charge in [0.15, 0.2) is 0 Å². The van der Waals surface area contributed by atoms with E-state index < -0.39 is 0 Å². The van der Waals surface area contributed by atoms with Crippen LogP contribution >= 0.6 is 0 Å². The lowest BCUT2D eigenvalue weighted by atomic mass is 11.2. The molecule has 0 heterocycles. The van der Waals surface area contributed by atoms with Crippen molar-refractivity contribution in [2.45, 2.75) is 0 Å². The lowest BCUT2D eigenvalue weighted by Crippen LogP contribution is -2.19. The standard InChI is InChI=1S/C2H7N3O2/c1-4(2)5(7)3-6/h6H,1-2H3/p-1/b5-3+. The van der Waals surface area contributed by atoms with Crippen LogP contribution in [-0.4, -0.2) is 24.1 Å². The number of rotatable bonds is 1. The molecular weight excluding hydrogens is 98.0 g/mol. The second kappa shape index (κ2) is 2.22. The smallest absolute Gasteiger partial charge is 0.0654 e. The van der Waals surface area contributed by atoms with Crippen LogP contribution in [0.4, 0.5) is 0 Å². The molecule has 0 atom stereocenters. The van der Waals surface area contributed by atoms with E-state index in [1.807, 2.05) is 5.28 Å². The third-order valence-corrected chi connectivity index (χ3v) is 0.412. The summed E-state index contributed by atoms with van der Waals surface area (Å²) in [5.74, 6) is 0. The molecule has 5 nitrogen and oxygen atoms in total. The maximum Gasteiger partial charge on any atom is 0.0654 e. The molecule has 0 aliphatic heterocycles. The van der Waals surface area contributed by atoms with E-state index in [0.717, 1.165) is 5.01 Å². The topological polar surface area (TPSA) is 64.7 Å². The minimum Gasteiger partial charge on any atom is -0.737 e. The molecule has 7 heavy (non-hydrogen) atoms. The van der Waals surface area contributed by atoms with Gasteiger partial charge in [-0.25, -0.2) is 0 Å². The fraction of sp³-hybridized carbons (Fsp3) is 1.00. The van der Waals surface area contributed by atoms with Crippen molar-refractivity contribution in [3.8, 4) is 0 Å². The van der Waals surface area contributed by atoms with Crippen molar-refractivity contribution in [3.63, 3.8) is 0 Å². The molecule has 0 aromatic rings. The van der Waals surface area contributed by atoms with Crippen LogP contribution in [-0.2, 0) is 0 Å². The maximum atomic E-state index is 9.88. The summed E-state index contributed by atoms with van der Waals surface area (Å²) in [4.78, 5) is -0.0556.